The number of piperidine rings is 2. The lowest BCUT2D eigenvalue weighted by Gasteiger charge is -2.33. The maximum Gasteiger partial charge on any atom is 0.243 e. The first kappa shape index (κ1) is 20.3. The largest absolute Gasteiger partial charge is 0.341 e. The molecular weight excluding hydrogens is 390 g/mol. The Kier molecular flexibility index (Phi) is 5.92. The second-order valence-corrected chi connectivity index (χ2v) is 10.1. The zero-order chi connectivity index (χ0) is 20.4. The summed E-state index contributed by atoms with van der Waals surface area (Å²) in [6, 6.07) is 4.98. The van der Waals surface area contributed by atoms with Crippen molar-refractivity contribution < 1.29 is 18.0 Å². The van der Waals surface area contributed by atoms with Crippen molar-refractivity contribution in [2.24, 2.45) is 0 Å². The molecule has 0 spiro atoms. The highest BCUT2D eigenvalue weighted by Crippen LogP contribution is 2.31. The van der Waals surface area contributed by atoms with Crippen LogP contribution in [0.1, 0.15) is 50.5 Å². The molecule has 29 heavy (non-hydrogen) atoms. The summed E-state index contributed by atoms with van der Waals surface area (Å²) in [5.74, 6) is -0.106. The number of hydrogen-bond acceptors (Lipinski definition) is 4. The van der Waals surface area contributed by atoms with E-state index in [0.717, 1.165) is 57.2 Å². The highest BCUT2D eigenvalue weighted by Gasteiger charge is 2.31. The van der Waals surface area contributed by atoms with E-state index in [9.17, 15) is 18.0 Å². The fourth-order valence-electron chi connectivity index (χ4n) is 4.50. The smallest absolute Gasteiger partial charge is 0.243 e. The van der Waals surface area contributed by atoms with E-state index < -0.39 is 10.0 Å². The predicted molar refractivity (Wildman–Crippen MR) is 110 cm³/mol. The highest BCUT2D eigenvalue weighted by molar-refractivity contribution is 7.89. The third kappa shape index (κ3) is 4.19. The van der Waals surface area contributed by atoms with Gasteiger partial charge in [0.2, 0.25) is 21.8 Å². The van der Waals surface area contributed by atoms with Crippen LogP contribution in [-0.2, 0) is 26.0 Å². The fourth-order valence-corrected chi connectivity index (χ4v) is 6.07. The number of hydrogen-bond donors (Lipinski definition) is 0. The van der Waals surface area contributed by atoms with Crippen molar-refractivity contribution in [2.45, 2.75) is 56.3 Å². The van der Waals surface area contributed by atoms with Crippen molar-refractivity contribution in [3.63, 3.8) is 0 Å². The molecule has 158 valence electrons. The van der Waals surface area contributed by atoms with E-state index in [0.29, 0.717) is 31.6 Å². The van der Waals surface area contributed by atoms with Gasteiger partial charge in [-0.15, -0.1) is 0 Å². The summed E-state index contributed by atoms with van der Waals surface area (Å²) < 4.78 is 27.5. The van der Waals surface area contributed by atoms with Crippen LogP contribution in [0.5, 0.6) is 0 Å². The first-order chi connectivity index (χ1) is 14.0. The van der Waals surface area contributed by atoms with E-state index in [1.54, 1.807) is 22.5 Å². The molecule has 0 N–H and O–H groups in total. The summed E-state index contributed by atoms with van der Waals surface area (Å²) in [6.07, 6.45) is 6.82. The minimum atomic E-state index is -3.51. The third-order valence-corrected chi connectivity index (χ3v) is 8.10. The van der Waals surface area contributed by atoms with Gasteiger partial charge in [-0.3, -0.25) is 9.59 Å². The molecule has 0 aliphatic carbocycles. The molecule has 0 radical (unpaired) electrons. The van der Waals surface area contributed by atoms with Crippen LogP contribution in [0, 0.1) is 0 Å². The minimum absolute atomic E-state index is 0.0316. The molecule has 0 aromatic heterocycles. The van der Waals surface area contributed by atoms with Crippen LogP contribution in [-0.4, -0.2) is 62.2 Å². The molecule has 2 fully saturated rings. The number of sulfonamides is 1. The third-order valence-electron chi connectivity index (χ3n) is 6.21. The van der Waals surface area contributed by atoms with Crippen LogP contribution >= 0.6 is 0 Å². The van der Waals surface area contributed by atoms with Gasteiger partial charge >= 0.3 is 0 Å². The lowest BCUT2D eigenvalue weighted by Crippen LogP contribution is -2.46. The zero-order valence-electron chi connectivity index (χ0n) is 16.8. The van der Waals surface area contributed by atoms with Gasteiger partial charge in [-0.25, -0.2) is 8.42 Å². The molecule has 8 heteroatoms. The number of rotatable bonds is 4. The van der Waals surface area contributed by atoms with E-state index in [1.165, 1.54) is 4.90 Å². The maximum atomic E-state index is 13.0. The number of benzene rings is 1. The molecule has 3 aliphatic rings. The van der Waals surface area contributed by atoms with Crippen LogP contribution in [0.15, 0.2) is 23.1 Å². The molecule has 0 atom stereocenters. The first-order valence-electron chi connectivity index (χ1n) is 10.7. The maximum absolute atomic E-state index is 13.0. The summed E-state index contributed by atoms with van der Waals surface area (Å²) in [5.41, 5.74) is 1.50. The summed E-state index contributed by atoms with van der Waals surface area (Å²) in [4.78, 5) is 28.9. The molecule has 1 aromatic rings. The lowest BCUT2D eigenvalue weighted by molar-refractivity contribution is -0.132. The molecule has 4 rings (SSSR count). The quantitative estimate of drug-likeness (QED) is 0.749. The number of carbonyl (C=O) groups excluding carboxylic acids is 2. The Morgan fingerprint density at radius 2 is 1.55 bits per heavy atom. The number of carbonyl (C=O) groups is 2. The molecule has 2 amide bonds. The lowest BCUT2D eigenvalue weighted by atomic mass is 10.0. The molecule has 3 heterocycles. The molecular formula is C21H29N3O4S. The standard InChI is InChI=1S/C21H29N3O4S/c25-20-10-7-17-15-18(29(27,28)23-13-5-2-6-14-23)8-9-19(17)24(20)16-21(26)22-11-3-1-4-12-22/h8-9,15H,1-7,10-14,16H2. The number of aryl methyl sites for hydroxylation is 1. The van der Waals surface area contributed by atoms with Gasteiger partial charge in [0, 0.05) is 38.3 Å². The van der Waals surface area contributed by atoms with Gasteiger partial charge in [-0.05, 0) is 62.3 Å². The van der Waals surface area contributed by atoms with Gasteiger partial charge < -0.3 is 9.80 Å². The Hall–Kier alpha value is -1.93. The van der Waals surface area contributed by atoms with Gasteiger partial charge in [0.15, 0.2) is 0 Å². The van der Waals surface area contributed by atoms with Gasteiger partial charge in [-0.1, -0.05) is 6.42 Å². The Morgan fingerprint density at radius 3 is 2.24 bits per heavy atom. The topological polar surface area (TPSA) is 78.0 Å². The van der Waals surface area contributed by atoms with Gasteiger partial charge in [0.1, 0.15) is 6.54 Å². The normalized spacial score (nSPS) is 21.2. The molecule has 3 aliphatic heterocycles. The van der Waals surface area contributed by atoms with Gasteiger partial charge in [0.05, 0.1) is 4.90 Å². The second kappa shape index (κ2) is 8.44. The molecule has 0 unspecified atom stereocenters. The van der Waals surface area contributed by atoms with Crippen molar-refractivity contribution in [1.29, 1.82) is 0 Å². The second-order valence-electron chi connectivity index (χ2n) is 8.18. The van der Waals surface area contributed by atoms with Crippen molar-refractivity contribution in [2.75, 3.05) is 37.6 Å². The molecule has 0 saturated carbocycles. The number of anilines is 1. The van der Waals surface area contributed by atoms with E-state index in [4.69, 9.17) is 0 Å². The van der Waals surface area contributed by atoms with Crippen LogP contribution in [0.4, 0.5) is 5.69 Å². The van der Waals surface area contributed by atoms with E-state index in [1.807, 2.05) is 4.90 Å². The Bertz CT molecular complexity index is 887. The van der Waals surface area contributed by atoms with Crippen molar-refractivity contribution in [1.82, 2.24) is 9.21 Å². The SMILES string of the molecule is O=C(CN1C(=O)CCc2cc(S(=O)(=O)N3CCCCC3)ccc21)N1CCCCC1. The first-order valence-corrected chi connectivity index (χ1v) is 12.1. The number of likely N-dealkylation sites (tertiary alicyclic amines) is 1. The molecule has 0 bridgehead atoms. The zero-order valence-corrected chi connectivity index (χ0v) is 17.6. The summed E-state index contributed by atoms with van der Waals surface area (Å²) in [7, 11) is -3.51. The van der Waals surface area contributed by atoms with Gasteiger partial charge in [0.25, 0.3) is 0 Å². The van der Waals surface area contributed by atoms with Gasteiger partial charge in [-0.2, -0.15) is 4.31 Å². The minimum Gasteiger partial charge on any atom is -0.341 e. The average molecular weight is 420 g/mol. The van der Waals surface area contributed by atoms with Crippen molar-refractivity contribution in [3.05, 3.63) is 23.8 Å². The van der Waals surface area contributed by atoms with Crippen LogP contribution < -0.4 is 4.90 Å². The summed E-state index contributed by atoms with van der Waals surface area (Å²) >= 11 is 0. The number of fused-ring (bicyclic) bond motifs is 1. The Balaban J connectivity index is 1.56. The fraction of sp³-hybridized carbons (Fsp3) is 0.619. The van der Waals surface area contributed by atoms with Crippen molar-refractivity contribution in [3.8, 4) is 0 Å². The van der Waals surface area contributed by atoms with E-state index in [2.05, 4.69) is 0 Å². The molecule has 7 nitrogen and oxygen atoms in total. The molecule has 1 aromatic carbocycles. The number of nitrogens with zero attached hydrogens (tertiary/aromatic N) is 3. The van der Waals surface area contributed by atoms with E-state index in [-0.39, 0.29) is 23.3 Å². The Morgan fingerprint density at radius 1 is 0.897 bits per heavy atom. The van der Waals surface area contributed by atoms with Crippen LogP contribution in [0.2, 0.25) is 0 Å². The van der Waals surface area contributed by atoms with Crippen molar-refractivity contribution >= 4 is 27.5 Å². The van der Waals surface area contributed by atoms with E-state index >= 15 is 0 Å². The highest BCUT2D eigenvalue weighted by atomic mass is 32.2. The average Bonchev–Trinajstić information content (AvgIpc) is 2.76. The van der Waals surface area contributed by atoms with Crippen LogP contribution in [0.25, 0.3) is 0 Å². The van der Waals surface area contributed by atoms with Crippen LogP contribution in [0.3, 0.4) is 0 Å². The Labute approximate surface area is 172 Å². The predicted octanol–water partition coefficient (Wildman–Crippen LogP) is 2.15. The number of amides is 2. The monoisotopic (exact) mass is 419 g/mol. The summed E-state index contributed by atoms with van der Waals surface area (Å²) in [5, 5.41) is 0. The summed E-state index contributed by atoms with van der Waals surface area (Å²) in [6.45, 7) is 2.66. The molecule has 2 saturated heterocycles.